The van der Waals surface area contributed by atoms with Crippen LogP contribution in [-0.4, -0.2) is 94.4 Å². The number of pyridine rings is 1. The number of aliphatic carboxylic acids is 1. The van der Waals surface area contributed by atoms with Crippen molar-refractivity contribution in [1.82, 2.24) is 14.8 Å². The van der Waals surface area contributed by atoms with Crippen molar-refractivity contribution in [2.45, 2.75) is 111 Å². The standard InChI is InChI=1S/C50H64N6O7/c1-7-41(8-2)56(32-31-54(6)44(57)27-28-45(58)59)34-37-13-12-14-39(33-37)47(60)52-42-25-26-43(55-29-10-9-11-30-55)53-46(42)48(61)51-40-23-19-36(20-24-40)16-15-35-17-21-38(22-18-35)49(62)63-50(3,4)5/h12-14,17-26,33,41H,7-11,15-16,27-32,34H2,1-6H3,(H,51,61)(H,52,60)(H,58,59). The summed E-state index contributed by atoms with van der Waals surface area (Å²) in [5, 5.41) is 15.0. The van der Waals surface area contributed by atoms with Gasteiger partial charge in [-0.25, -0.2) is 9.78 Å². The van der Waals surface area contributed by atoms with E-state index in [2.05, 4.69) is 34.3 Å². The van der Waals surface area contributed by atoms with Gasteiger partial charge in [0.25, 0.3) is 11.8 Å². The van der Waals surface area contributed by atoms with Crippen molar-refractivity contribution in [1.29, 1.82) is 0 Å². The van der Waals surface area contributed by atoms with Gasteiger partial charge in [-0.05, 0) is 131 Å². The topological polar surface area (TPSA) is 161 Å². The monoisotopic (exact) mass is 860 g/mol. The Hall–Kier alpha value is -6.08. The first-order valence-electron chi connectivity index (χ1n) is 22.2. The van der Waals surface area contributed by atoms with Crippen molar-refractivity contribution in [3.63, 3.8) is 0 Å². The van der Waals surface area contributed by atoms with E-state index in [0.717, 1.165) is 74.7 Å². The van der Waals surface area contributed by atoms with Crippen molar-refractivity contribution < 1.29 is 33.8 Å². The molecule has 1 aliphatic heterocycles. The SMILES string of the molecule is CCC(CC)N(CCN(C)C(=O)CCC(=O)O)Cc1cccc(C(=O)Nc2ccc(N3CCCCC3)nc2C(=O)Nc2ccc(CCc3ccc(C(=O)OC(C)(C)C)cc3)cc2)c1. The van der Waals surface area contributed by atoms with Gasteiger partial charge in [0.15, 0.2) is 5.69 Å². The second-order valence-corrected chi connectivity index (χ2v) is 17.3. The Morgan fingerprint density at radius 3 is 2.03 bits per heavy atom. The summed E-state index contributed by atoms with van der Waals surface area (Å²) < 4.78 is 5.47. The molecule has 0 radical (unpaired) electrons. The summed E-state index contributed by atoms with van der Waals surface area (Å²) in [4.78, 5) is 74.7. The third kappa shape index (κ3) is 14.8. The normalized spacial score (nSPS) is 12.9. The molecule has 2 heterocycles. The largest absolute Gasteiger partial charge is 0.481 e. The van der Waals surface area contributed by atoms with Crippen LogP contribution in [0, 0.1) is 0 Å². The van der Waals surface area contributed by atoms with Gasteiger partial charge < -0.3 is 30.3 Å². The second kappa shape index (κ2) is 22.8. The zero-order valence-corrected chi connectivity index (χ0v) is 37.7. The van der Waals surface area contributed by atoms with E-state index in [1.165, 1.54) is 0 Å². The number of ether oxygens (including phenoxy) is 1. The number of esters is 1. The minimum atomic E-state index is -0.998. The number of carbonyl (C=O) groups excluding carboxylic acids is 4. The Bertz CT molecular complexity index is 2170. The molecule has 3 amide bonds. The number of carbonyl (C=O) groups is 5. The minimum Gasteiger partial charge on any atom is -0.481 e. The molecule has 0 aliphatic carbocycles. The fourth-order valence-electron chi connectivity index (χ4n) is 7.64. The van der Waals surface area contributed by atoms with Crippen LogP contribution in [0.4, 0.5) is 17.2 Å². The van der Waals surface area contributed by atoms with Gasteiger partial charge in [0.1, 0.15) is 11.4 Å². The Balaban J connectivity index is 1.26. The summed E-state index contributed by atoms with van der Waals surface area (Å²) in [5.41, 5.74) is 4.50. The van der Waals surface area contributed by atoms with E-state index in [9.17, 15) is 24.0 Å². The van der Waals surface area contributed by atoms with Gasteiger partial charge in [0.2, 0.25) is 5.91 Å². The van der Waals surface area contributed by atoms with E-state index < -0.39 is 17.5 Å². The fraction of sp³-hybridized carbons (Fsp3) is 0.440. The molecule has 13 nitrogen and oxygen atoms in total. The summed E-state index contributed by atoms with van der Waals surface area (Å²) in [7, 11) is 1.69. The Morgan fingerprint density at radius 2 is 1.41 bits per heavy atom. The van der Waals surface area contributed by atoms with Crippen LogP contribution >= 0.6 is 0 Å². The molecule has 3 aromatic carbocycles. The van der Waals surface area contributed by atoms with E-state index in [0.29, 0.717) is 48.0 Å². The molecular formula is C50H64N6O7. The van der Waals surface area contributed by atoms with Crippen LogP contribution in [0.25, 0.3) is 0 Å². The van der Waals surface area contributed by atoms with Gasteiger partial charge in [-0.2, -0.15) is 0 Å². The zero-order valence-electron chi connectivity index (χ0n) is 37.7. The van der Waals surface area contributed by atoms with Crippen LogP contribution in [0.5, 0.6) is 0 Å². The van der Waals surface area contributed by atoms with E-state index in [4.69, 9.17) is 14.8 Å². The molecule has 1 fully saturated rings. The lowest BCUT2D eigenvalue weighted by atomic mass is 10.0. The van der Waals surface area contributed by atoms with Gasteiger partial charge in [0, 0.05) is 63.5 Å². The maximum Gasteiger partial charge on any atom is 0.338 e. The number of nitrogens with zero attached hydrogens (tertiary/aromatic N) is 4. The number of anilines is 3. The summed E-state index contributed by atoms with van der Waals surface area (Å²) in [6.07, 6.45) is 6.32. The number of piperidine rings is 1. The summed E-state index contributed by atoms with van der Waals surface area (Å²) in [6.45, 7) is 13.0. The highest BCUT2D eigenvalue weighted by atomic mass is 16.6. The van der Waals surface area contributed by atoms with Crippen LogP contribution < -0.4 is 15.5 Å². The highest BCUT2D eigenvalue weighted by molar-refractivity contribution is 6.11. The molecular weight excluding hydrogens is 797 g/mol. The average molecular weight is 861 g/mol. The number of hydrogen-bond donors (Lipinski definition) is 3. The summed E-state index contributed by atoms with van der Waals surface area (Å²) in [5.74, 6) is -1.68. The number of benzene rings is 3. The molecule has 3 N–H and O–H groups in total. The number of rotatable bonds is 20. The maximum absolute atomic E-state index is 14.0. The molecule has 0 saturated carbocycles. The van der Waals surface area contributed by atoms with Gasteiger partial charge >= 0.3 is 11.9 Å². The number of carboxylic acids is 1. The Labute approximate surface area is 372 Å². The van der Waals surface area contributed by atoms with Gasteiger partial charge in [-0.1, -0.05) is 50.2 Å². The van der Waals surface area contributed by atoms with Crippen molar-refractivity contribution >= 4 is 46.9 Å². The lowest BCUT2D eigenvalue weighted by molar-refractivity contribution is -0.140. The number of likely N-dealkylation sites (N-methyl/N-ethyl adjacent to an activating group) is 1. The predicted octanol–water partition coefficient (Wildman–Crippen LogP) is 8.63. The molecule has 4 aromatic rings. The van der Waals surface area contributed by atoms with Gasteiger partial charge in [-0.3, -0.25) is 24.1 Å². The number of hydrogen-bond acceptors (Lipinski definition) is 9. The smallest absolute Gasteiger partial charge is 0.338 e. The van der Waals surface area contributed by atoms with Crippen LogP contribution in [0.2, 0.25) is 0 Å². The molecule has 0 atom stereocenters. The van der Waals surface area contributed by atoms with Crippen LogP contribution in [-0.2, 0) is 33.7 Å². The van der Waals surface area contributed by atoms with E-state index in [1.54, 1.807) is 36.2 Å². The molecule has 5 rings (SSSR count). The Morgan fingerprint density at radius 1 is 0.762 bits per heavy atom. The maximum atomic E-state index is 14.0. The van der Waals surface area contributed by atoms with Gasteiger partial charge in [-0.15, -0.1) is 0 Å². The van der Waals surface area contributed by atoms with Gasteiger partial charge in [0.05, 0.1) is 17.7 Å². The first kappa shape index (κ1) is 48.0. The number of nitrogens with one attached hydrogen (secondary N) is 2. The molecule has 13 heteroatoms. The molecule has 1 saturated heterocycles. The second-order valence-electron chi connectivity index (χ2n) is 17.3. The van der Waals surface area contributed by atoms with Crippen molar-refractivity contribution in [3.8, 4) is 0 Å². The van der Waals surface area contributed by atoms with E-state index in [1.807, 2.05) is 81.4 Å². The molecule has 0 spiro atoms. The zero-order chi connectivity index (χ0) is 45.5. The fourth-order valence-corrected chi connectivity index (χ4v) is 7.64. The summed E-state index contributed by atoms with van der Waals surface area (Å²) >= 11 is 0. The molecule has 0 unspecified atom stereocenters. The molecule has 1 aliphatic rings. The molecule has 63 heavy (non-hydrogen) atoms. The average Bonchev–Trinajstić information content (AvgIpc) is 3.27. The number of aromatic nitrogens is 1. The minimum absolute atomic E-state index is 0.0419. The Kier molecular flexibility index (Phi) is 17.4. The first-order chi connectivity index (χ1) is 30.1. The van der Waals surface area contributed by atoms with Crippen molar-refractivity contribution in [3.05, 3.63) is 118 Å². The van der Waals surface area contributed by atoms with Crippen LogP contribution in [0.1, 0.15) is 127 Å². The highest BCUT2D eigenvalue weighted by Gasteiger charge is 2.23. The van der Waals surface area contributed by atoms with Crippen molar-refractivity contribution in [2.24, 2.45) is 0 Å². The lowest BCUT2D eigenvalue weighted by Crippen LogP contribution is -2.41. The van der Waals surface area contributed by atoms with Crippen LogP contribution in [0.3, 0.4) is 0 Å². The van der Waals surface area contributed by atoms with E-state index in [-0.39, 0.29) is 42.4 Å². The quantitative estimate of drug-likeness (QED) is 0.0734. The van der Waals surface area contributed by atoms with Crippen molar-refractivity contribution in [2.75, 3.05) is 48.8 Å². The molecule has 0 bridgehead atoms. The third-order valence-electron chi connectivity index (χ3n) is 11.3. The summed E-state index contributed by atoms with van der Waals surface area (Å²) in [6, 6.07) is 26.4. The first-order valence-corrected chi connectivity index (χ1v) is 22.2. The lowest BCUT2D eigenvalue weighted by Gasteiger charge is -2.32. The number of aryl methyl sites for hydroxylation is 2. The highest BCUT2D eigenvalue weighted by Crippen LogP contribution is 2.25. The predicted molar refractivity (Wildman–Crippen MR) is 247 cm³/mol. The van der Waals surface area contributed by atoms with Crippen LogP contribution in [0.15, 0.2) is 84.9 Å². The molecule has 1 aromatic heterocycles. The number of carboxylic acid groups (broad SMARTS) is 1. The van der Waals surface area contributed by atoms with E-state index >= 15 is 0 Å². The number of amides is 3. The third-order valence-corrected chi connectivity index (χ3v) is 11.3. The molecule has 336 valence electrons.